The third kappa shape index (κ3) is 16.3. The van der Waals surface area contributed by atoms with Crippen LogP contribution in [0.25, 0.3) is 0 Å². The maximum Gasteiger partial charge on any atom is 0.389 e. The monoisotopic (exact) mass is 1190 g/mol. The lowest BCUT2D eigenvalue weighted by Crippen LogP contribution is -2.85. The van der Waals surface area contributed by atoms with Gasteiger partial charge in [-0.2, -0.15) is 92.2 Å². The standard InChI is InChI=1S/C33H45F21O8Si8/c34-27(35,36)7-15-64-22-63(14-6-26-4-2-1-3-5-26)55-65(16-8-28(37,38)39)23-67(57-64,18-10-30(43,44)45)61-70(21-13-33(52,53)54)25-69(58-64,20-12-32(49,50)51)60-66(56-63,17-9-29(40,41)42)24-68(59-65,62-70)19-11-31(46,47)48/h1-5H,6-25H2. The first-order valence-electron chi connectivity index (χ1n) is 21.6. The van der Waals surface area contributed by atoms with Crippen molar-refractivity contribution in [1.82, 2.24) is 0 Å². The van der Waals surface area contributed by atoms with Gasteiger partial charge in [-0.15, -0.1) is 0 Å². The molecule has 0 spiro atoms. The molecule has 0 N–H and O–H groups in total. The Bertz CT molecular complexity index is 1770. The molecule has 0 aromatic heterocycles. The second-order valence-electron chi connectivity index (χ2n) is 18.6. The van der Waals surface area contributed by atoms with E-state index in [0.29, 0.717) is 5.56 Å². The lowest BCUT2D eigenvalue weighted by atomic mass is 10.2. The number of hydrogen-bond donors (Lipinski definition) is 0. The second kappa shape index (κ2) is 19.6. The van der Waals surface area contributed by atoms with Gasteiger partial charge in [-0.25, -0.2) is 0 Å². The first-order valence-corrected chi connectivity index (χ1v) is 39.5. The molecule has 6 aliphatic rings. The number of aryl methyl sites for hydroxylation is 1. The summed E-state index contributed by atoms with van der Waals surface area (Å²) in [5.41, 5.74) is -5.17. The van der Waals surface area contributed by atoms with E-state index in [9.17, 15) is 92.2 Å². The summed E-state index contributed by atoms with van der Waals surface area (Å²) in [5.74, 6) is 0. The molecule has 404 valence electrons. The summed E-state index contributed by atoms with van der Waals surface area (Å²) < 4.78 is 357. The molecule has 1 aromatic rings. The Hall–Kier alpha value is -0.835. The van der Waals surface area contributed by atoms with Gasteiger partial charge in [-0.3, -0.25) is 0 Å². The molecule has 0 saturated carbocycles. The topological polar surface area (TPSA) is 73.8 Å². The average Bonchev–Trinajstić information content (AvgIpc) is 3.13. The predicted octanol–water partition coefficient (Wildman–Crippen LogP) is 13.8. The SMILES string of the molecule is FC(F)(F)CC[Si]12C[Si]3(CCC(F)(F)F)O[Si]4(CCC(F)(F)F)C[Si]5(CCC(F)(F)F)O[Si](CCC(F)(F)F)(C[Si](CCc6ccccc6)(O1)O4)O[Si](CCC(F)(F)F)(C[Si](CCC(F)(F)F)(O3)O5)O2. The van der Waals surface area contributed by atoms with Crippen LogP contribution in [-0.4, -0.2) is 112 Å². The molecule has 7 rings (SSSR count). The van der Waals surface area contributed by atoms with E-state index in [4.69, 9.17) is 32.9 Å². The normalized spacial score (nSPS) is 35.3. The average molecular weight is 1190 g/mol. The van der Waals surface area contributed by atoms with Crippen molar-refractivity contribution in [2.24, 2.45) is 0 Å². The highest BCUT2D eigenvalue weighted by atomic mass is 28.6. The fourth-order valence-corrected chi connectivity index (χ4v) is 81.6. The van der Waals surface area contributed by atoms with Crippen molar-refractivity contribution in [2.75, 3.05) is 0 Å². The van der Waals surface area contributed by atoms with E-state index in [0.717, 1.165) is 0 Å². The lowest BCUT2D eigenvalue weighted by molar-refractivity contribution is -0.132. The largest absolute Gasteiger partial charge is 0.415 e. The number of rotatable bonds is 17. The minimum Gasteiger partial charge on any atom is -0.415 e. The van der Waals surface area contributed by atoms with Crippen LogP contribution in [0.15, 0.2) is 30.3 Å². The van der Waals surface area contributed by atoms with E-state index in [2.05, 4.69) is 0 Å². The van der Waals surface area contributed by atoms with Crippen LogP contribution in [-0.2, 0) is 39.3 Å². The van der Waals surface area contributed by atoms with Crippen molar-refractivity contribution in [2.45, 2.75) is 166 Å². The number of halogens is 21. The molecule has 0 amide bonds. The van der Waals surface area contributed by atoms with Gasteiger partial charge in [0, 0.05) is 67.6 Å². The Morgan fingerprint density at radius 1 is 0.271 bits per heavy atom. The quantitative estimate of drug-likeness (QED) is 0.113. The first-order chi connectivity index (χ1) is 31.5. The van der Waals surface area contributed by atoms with Crippen molar-refractivity contribution >= 4 is 68.5 Å². The maximum atomic E-state index is 14.5. The Kier molecular flexibility index (Phi) is 16.4. The summed E-state index contributed by atoms with van der Waals surface area (Å²) in [4.78, 5) is 0. The first kappa shape index (κ1) is 58.4. The molecule has 8 unspecified atom stereocenters. The van der Waals surface area contributed by atoms with Crippen LogP contribution >= 0.6 is 0 Å². The molecule has 37 heteroatoms. The zero-order valence-corrected chi connectivity index (χ0v) is 44.2. The highest BCUT2D eigenvalue weighted by Gasteiger charge is 2.79. The van der Waals surface area contributed by atoms with Gasteiger partial charge in [0.1, 0.15) is 0 Å². The summed E-state index contributed by atoms with van der Waals surface area (Å²) in [6, 6.07) is -3.84. The summed E-state index contributed by atoms with van der Waals surface area (Å²) in [5, 5.41) is 0. The van der Waals surface area contributed by atoms with Gasteiger partial charge >= 0.3 is 112 Å². The van der Waals surface area contributed by atoms with Gasteiger partial charge in [0.2, 0.25) is 0 Å². The minimum atomic E-state index is -5.76. The Labute approximate surface area is 394 Å². The van der Waals surface area contributed by atoms with Crippen LogP contribution in [0.5, 0.6) is 0 Å². The van der Waals surface area contributed by atoms with E-state index < -0.39 is 228 Å². The van der Waals surface area contributed by atoms with E-state index in [1.165, 1.54) is 30.3 Å². The zero-order valence-electron chi connectivity index (χ0n) is 36.2. The summed E-state index contributed by atoms with van der Waals surface area (Å²) in [7, 11) is -44.8. The van der Waals surface area contributed by atoms with Crippen molar-refractivity contribution in [1.29, 1.82) is 0 Å². The second-order valence-corrected chi connectivity index (χ2v) is 49.4. The van der Waals surface area contributed by atoms with E-state index in [1.54, 1.807) is 0 Å². The van der Waals surface area contributed by atoms with E-state index in [1.807, 2.05) is 0 Å². The van der Waals surface area contributed by atoms with E-state index in [-0.39, 0.29) is 6.42 Å². The maximum absolute atomic E-state index is 14.5. The van der Waals surface area contributed by atoms with Gasteiger partial charge in [0.05, 0.1) is 0 Å². The third-order valence-corrected chi connectivity index (χ3v) is 61.4. The molecule has 8 atom stereocenters. The molecule has 70 heavy (non-hydrogen) atoms. The Morgan fingerprint density at radius 3 is 0.614 bits per heavy atom. The molecule has 0 radical (unpaired) electrons. The Balaban J connectivity index is 1.78. The molecule has 6 saturated heterocycles. The highest BCUT2D eigenvalue weighted by Crippen LogP contribution is 2.60. The van der Waals surface area contributed by atoms with E-state index >= 15 is 0 Å². The molecule has 8 bridgehead atoms. The van der Waals surface area contributed by atoms with Crippen LogP contribution in [0.3, 0.4) is 0 Å². The highest BCUT2D eigenvalue weighted by molar-refractivity contribution is 7.13. The predicted molar refractivity (Wildman–Crippen MR) is 217 cm³/mol. The van der Waals surface area contributed by atoms with Crippen LogP contribution in [0.1, 0.15) is 50.5 Å². The van der Waals surface area contributed by atoms with Crippen molar-refractivity contribution < 1.29 is 125 Å². The third-order valence-electron chi connectivity index (χ3n) is 12.3. The lowest BCUT2D eigenvalue weighted by Gasteiger charge is -2.66. The summed E-state index contributed by atoms with van der Waals surface area (Å²) in [6.45, 7) is 0. The Morgan fingerprint density at radius 2 is 0.443 bits per heavy atom. The molecular formula is C33H45F21O8Si8. The molecule has 6 fully saturated rings. The van der Waals surface area contributed by atoms with Crippen molar-refractivity contribution in [3.8, 4) is 0 Å². The fraction of sp³-hybridized carbons (Fsp3) is 0.818. The summed E-state index contributed by atoms with van der Waals surface area (Å²) in [6.07, 6.45) is -51.5. The molecule has 6 heterocycles. The van der Waals surface area contributed by atoms with Crippen LogP contribution < -0.4 is 0 Å². The molecule has 8 nitrogen and oxygen atoms in total. The number of alkyl halides is 21. The zero-order chi connectivity index (χ0) is 52.4. The van der Waals surface area contributed by atoms with Crippen molar-refractivity contribution in [3.63, 3.8) is 0 Å². The molecule has 0 aliphatic carbocycles. The van der Waals surface area contributed by atoms with Gasteiger partial charge in [-0.05, 0) is 60.3 Å². The van der Waals surface area contributed by atoms with Gasteiger partial charge in [0.25, 0.3) is 0 Å². The minimum absolute atomic E-state index is 0.325. The molecule has 6 aliphatic heterocycles. The molecular weight excluding hydrogens is 1150 g/mol. The summed E-state index contributed by atoms with van der Waals surface area (Å²) >= 11 is 0. The number of benzene rings is 1. The fourth-order valence-electron chi connectivity index (χ4n) is 9.93. The van der Waals surface area contributed by atoms with Crippen molar-refractivity contribution in [3.05, 3.63) is 35.9 Å². The van der Waals surface area contributed by atoms with Crippen LogP contribution in [0, 0.1) is 0 Å². The smallest absolute Gasteiger partial charge is 0.389 e. The van der Waals surface area contributed by atoms with Gasteiger partial charge in [-0.1, -0.05) is 30.3 Å². The van der Waals surface area contributed by atoms with Crippen LogP contribution in [0.4, 0.5) is 92.2 Å². The van der Waals surface area contributed by atoms with Crippen LogP contribution in [0.2, 0.25) is 71.0 Å². The van der Waals surface area contributed by atoms with Gasteiger partial charge in [0.15, 0.2) is 0 Å². The molecule has 1 aromatic carbocycles. The number of hydrogen-bond acceptors (Lipinski definition) is 8. The van der Waals surface area contributed by atoms with Gasteiger partial charge < -0.3 is 32.9 Å².